The molecule has 0 saturated carbocycles. The number of rotatable bonds is 7. The molecule has 0 aliphatic carbocycles. The van der Waals surface area contributed by atoms with Gasteiger partial charge in [0, 0.05) is 29.5 Å². The number of benzene rings is 1. The molecule has 1 aromatic rings. The van der Waals surface area contributed by atoms with Crippen LogP contribution in [-0.4, -0.2) is 30.8 Å². The third kappa shape index (κ3) is 6.40. The second kappa shape index (κ2) is 8.42. The van der Waals surface area contributed by atoms with Crippen LogP contribution < -0.4 is 5.32 Å². The number of carbonyl (C=O) groups excluding carboxylic acids is 3. The van der Waals surface area contributed by atoms with Crippen LogP contribution in [0.1, 0.15) is 36.5 Å². The van der Waals surface area contributed by atoms with E-state index in [0.717, 1.165) is 0 Å². The maximum absolute atomic E-state index is 11.9. The van der Waals surface area contributed by atoms with Crippen LogP contribution in [0.25, 0.3) is 0 Å². The summed E-state index contributed by atoms with van der Waals surface area (Å²) in [5.41, 5.74) is 0.523. The quantitative estimate of drug-likeness (QED) is 0.620. The van der Waals surface area contributed by atoms with Gasteiger partial charge in [0.05, 0.1) is 13.5 Å². The van der Waals surface area contributed by atoms with E-state index in [1.54, 1.807) is 31.2 Å². The van der Waals surface area contributed by atoms with Crippen molar-refractivity contribution in [2.45, 2.75) is 32.2 Å². The van der Waals surface area contributed by atoms with Crippen LogP contribution in [0.5, 0.6) is 0 Å². The average Bonchev–Trinajstić information content (AvgIpc) is 2.45. The smallest absolute Gasteiger partial charge is 0.307 e. The van der Waals surface area contributed by atoms with Gasteiger partial charge in [0.2, 0.25) is 5.91 Å². The lowest BCUT2D eigenvalue weighted by molar-refractivity contribution is -0.141. The lowest BCUT2D eigenvalue weighted by atomic mass is 10.1. The number of esters is 1. The van der Waals surface area contributed by atoms with Crippen molar-refractivity contribution in [2.75, 3.05) is 7.11 Å². The fourth-order valence-corrected chi connectivity index (χ4v) is 1.86. The van der Waals surface area contributed by atoms with Crippen molar-refractivity contribution >= 4 is 29.3 Å². The van der Waals surface area contributed by atoms with E-state index in [1.165, 1.54) is 7.11 Å². The minimum absolute atomic E-state index is 0.0764. The standard InChI is InChI=1S/C15H18ClNO4/c1-10(9-15(20)21-2)17-14(19)8-7-13(18)11-3-5-12(16)6-4-11/h3-6,10H,7-9H2,1-2H3,(H,17,19)/t10-/m1/s1. The minimum atomic E-state index is -0.389. The number of halogens is 1. The van der Waals surface area contributed by atoms with E-state index in [0.29, 0.717) is 10.6 Å². The van der Waals surface area contributed by atoms with Crippen LogP contribution in [-0.2, 0) is 14.3 Å². The van der Waals surface area contributed by atoms with Crippen molar-refractivity contribution in [1.29, 1.82) is 0 Å². The fraction of sp³-hybridized carbons (Fsp3) is 0.400. The van der Waals surface area contributed by atoms with E-state index >= 15 is 0 Å². The molecule has 0 aromatic heterocycles. The molecule has 0 unspecified atom stereocenters. The Bertz CT molecular complexity index is 513. The summed E-state index contributed by atoms with van der Waals surface area (Å²) in [5.74, 6) is -0.781. The van der Waals surface area contributed by atoms with Gasteiger partial charge in [0.25, 0.3) is 0 Å². The predicted molar refractivity (Wildman–Crippen MR) is 79.3 cm³/mol. The SMILES string of the molecule is COC(=O)C[C@@H](C)NC(=O)CCC(=O)c1ccc(Cl)cc1. The van der Waals surface area contributed by atoms with Gasteiger partial charge in [-0.15, -0.1) is 0 Å². The predicted octanol–water partition coefficient (Wildman–Crippen LogP) is 2.37. The first kappa shape index (κ1) is 17.2. The zero-order valence-corrected chi connectivity index (χ0v) is 12.8. The lowest BCUT2D eigenvalue weighted by Gasteiger charge is -2.12. The van der Waals surface area contributed by atoms with Crippen LogP contribution in [0, 0.1) is 0 Å². The molecule has 0 heterocycles. The molecule has 0 spiro atoms. The molecule has 0 bridgehead atoms. The molecule has 5 nitrogen and oxygen atoms in total. The molecule has 0 aliphatic heterocycles. The highest BCUT2D eigenvalue weighted by Gasteiger charge is 2.14. The third-order valence-corrected chi connectivity index (χ3v) is 3.11. The highest BCUT2D eigenvalue weighted by Crippen LogP contribution is 2.11. The van der Waals surface area contributed by atoms with Gasteiger partial charge in [-0.2, -0.15) is 0 Å². The second-order valence-corrected chi connectivity index (χ2v) is 5.12. The molecule has 1 N–H and O–H groups in total. The van der Waals surface area contributed by atoms with Gasteiger partial charge in [-0.05, 0) is 31.2 Å². The Hall–Kier alpha value is -1.88. The van der Waals surface area contributed by atoms with E-state index in [2.05, 4.69) is 10.1 Å². The molecule has 0 fully saturated rings. The summed E-state index contributed by atoms with van der Waals surface area (Å²) < 4.78 is 4.51. The molecule has 114 valence electrons. The van der Waals surface area contributed by atoms with Crippen LogP contribution >= 0.6 is 11.6 Å². The van der Waals surface area contributed by atoms with E-state index in [9.17, 15) is 14.4 Å². The van der Waals surface area contributed by atoms with Crippen LogP contribution in [0.4, 0.5) is 0 Å². The van der Waals surface area contributed by atoms with Gasteiger partial charge in [-0.3, -0.25) is 14.4 Å². The first-order chi connectivity index (χ1) is 9.92. The number of hydrogen-bond acceptors (Lipinski definition) is 4. The Labute approximate surface area is 128 Å². The monoisotopic (exact) mass is 311 g/mol. The highest BCUT2D eigenvalue weighted by molar-refractivity contribution is 6.30. The van der Waals surface area contributed by atoms with E-state index in [1.807, 2.05) is 0 Å². The number of ether oxygens (including phenoxy) is 1. The van der Waals surface area contributed by atoms with Crippen molar-refractivity contribution in [2.24, 2.45) is 0 Å². The van der Waals surface area contributed by atoms with Crippen molar-refractivity contribution in [3.63, 3.8) is 0 Å². The van der Waals surface area contributed by atoms with Gasteiger partial charge < -0.3 is 10.1 Å². The first-order valence-corrected chi connectivity index (χ1v) is 6.95. The van der Waals surface area contributed by atoms with Gasteiger partial charge in [0.1, 0.15) is 0 Å². The topological polar surface area (TPSA) is 72.5 Å². The third-order valence-electron chi connectivity index (χ3n) is 2.85. The zero-order chi connectivity index (χ0) is 15.8. The largest absolute Gasteiger partial charge is 0.469 e. The Balaban J connectivity index is 2.37. The molecule has 1 amide bonds. The molecule has 0 saturated heterocycles. The van der Waals surface area contributed by atoms with Gasteiger partial charge in [0.15, 0.2) is 5.78 Å². The normalized spacial score (nSPS) is 11.6. The summed E-state index contributed by atoms with van der Waals surface area (Å²) in [4.78, 5) is 34.6. The summed E-state index contributed by atoms with van der Waals surface area (Å²) in [7, 11) is 1.29. The Kier molecular flexibility index (Phi) is 6.88. The molecule has 1 aromatic carbocycles. The summed E-state index contributed by atoms with van der Waals surface area (Å²) in [6, 6.07) is 6.20. The van der Waals surface area contributed by atoms with Gasteiger partial charge in [-0.25, -0.2) is 0 Å². The highest BCUT2D eigenvalue weighted by atomic mass is 35.5. The molecule has 6 heteroatoms. The molecular weight excluding hydrogens is 294 g/mol. The number of amides is 1. The molecule has 0 aliphatic rings. The lowest BCUT2D eigenvalue weighted by Crippen LogP contribution is -2.34. The van der Waals surface area contributed by atoms with Crippen LogP contribution in [0.3, 0.4) is 0 Å². The number of nitrogens with one attached hydrogen (secondary N) is 1. The number of hydrogen-bond donors (Lipinski definition) is 1. The van der Waals surface area contributed by atoms with E-state index < -0.39 is 0 Å². The van der Waals surface area contributed by atoms with Gasteiger partial charge in [-0.1, -0.05) is 11.6 Å². The molecular formula is C15H18ClNO4. The summed E-state index contributed by atoms with van der Waals surface area (Å²) in [6.45, 7) is 1.70. The average molecular weight is 312 g/mol. The Morgan fingerprint density at radius 1 is 1.19 bits per heavy atom. The van der Waals surface area contributed by atoms with Crippen molar-refractivity contribution in [3.05, 3.63) is 34.9 Å². The van der Waals surface area contributed by atoms with Crippen LogP contribution in [0.15, 0.2) is 24.3 Å². The maximum Gasteiger partial charge on any atom is 0.307 e. The summed E-state index contributed by atoms with van der Waals surface area (Å²) in [5, 5.41) is 3.20. The number of methoxy groups -OCH3 is 1. The Morgan fingerprint density at radius 3 is 2.38 bits per heavy atom. The first-order valence-electron chi connectivity index (χ1n) is 6.57. The molecule has 1 rings (SSSR count). The number of ketones is 1. The van der Waals surface area contributed by atoms with E-state index in [4.69, 9.17) is 11.6 Å². The summed E-state index contributed by atoms with van der Waals surface area (Å²) >= 11 is 5.74. The van der Waals surface area contributed by atoms with E-state index in [-0.39, 0.29) is 43.0 Å². The Morgan fingerprint density at radius 2 is 1.81 bits per heavy atom. The fourth-order valence-electron chi connectivity index (χ4n) is 1.74. The minimum Gasteiger partial charge on any atom is -0.469 e. The van der Waals surface area contributed by atoms with Gasteiger partial charge >= 0.3 is 5.97 Å². The zero-order valence-electron chi connectivity index (χ0n) is 12.0. The van der Waals surface area contributed by atoms with Crippen LogP contribution in [0.2, 0.25) is 5.02 Å². The van der Waals surface area contributed by atoms with Crippen molar-refractivity contribution < 1.29 is 19.1 Å². The number of Topliss-reactive ketones (excluding diaryl/α,β-unsaturated/α-hetero) is 1. The maximum atomic E-state index is 11.9. The second-order valence-electron chi connectivity index (χ2n) is 4.68. The number of carbonyl (C=O) groups is 3. The molecule has 0 radical (unpaired) electrons. The molecule has 21 heavy (non-hydrogen) atoms. The van der Waals surface area contributed by atoms with Crippen molar-refractivity contribution in [3.8, 4) is 0 Å². The van der Waals surface area contributed by atoms with Crippen molar-refractivity contribution in [1.82, 2.24) is 5.32 Å². The summed E-state index contributed by atoms with van der Waals surface area (Å²) in [6.07, 6.45) is 0.290. The molecule has 1 atom stereocenters.